The molecule has 0 amide bonds. The van der Waals surface area contributed by atoms with Gasteiger partial charge in [-0.05, 0) is 31.7 Å². The van der Waals surface area contributed by atoms with Gasteiger partial charge in [0.05, 0.1) is 5.60 Å². The van der Waals surface area contributed by atoms with Gasteiger partial charge in [-0.15, -0.1) is 0 Å². The number of aliphatic hydroxyl groups is 1. The molecule has 0 bridgehead atoms. The van der Waals surface area contributed by atoms with E-state index in [1.54, 1.807) is 0 Å². The SMILES string of the molecule is COC1(C(O)c2ccc(C)c(F)c2F)CCC1. The van der Waals surface area contributed by atoms with Crippen LogP contribution in [0.2, 0.25) is 0 Å². The van der Waals surface area contributed by atoms with Crippen LogP contribution in [0.15, 0.2) is 12.1 Å². The maximum atomic E-state index is 13.7. The predicted octanol–water partition coefficient (Wildman–Crippen LogP) is 2.88. The zero-order valence-corrected chi connectivity index (χ0v) is 9.96. The fourth-order valence-corrected chi connectivity index (χ4v) is 2.27. The van der Waals surface area contributed by atoms with Crippen molar-refractivity contribution in [2.45, 2.75) is 37.9 Å². The van der Waals surface area contributed by atoms with Gasteiger partial charge < -0.3 is 9.84 Å². The fourth-order valence-electron chi connectivity index (χ4n) is 2.27. The molecule has 94 valence electrons. The third-order valence-electron chi connectivity index (χ3n) is 3.70. The van der Waals surface area contributed by atoms with Gasteiger partial charge in [-0.3, -0.25) is 0 Å². The van der Waals surface area contributed by atoms with Crippen LogP contribution in [-0.4, -0.2) is 17.8 Å². The van der Waals surface area contributed by atoms with Crippen molar-refractivity contribution in [3.63, 3.8) is 0 Å². The summed E-state index contributed by atoms with van der Waals surface area (Å²) in [7, 11) is 1.49. The van der Waals surface area contributed by atoms with Gasteiger partial charge in [-0.1, -0.05) is 12.1 Å². The Hall–Kier alpha value is -1.00. The van der Waals surface area contributed by atoms with Crippen molar-refractivity contribution in [2.24, 2.45) is 0 Å². The molecule has 17 heavy (non-hydrogen) atoms. The van der Waals surface area contributed by atoms with Crippen molar-refractivity contribution in [1.82, 2.24) is 0 Å². The number of hydrogen-bond donors (Lipinski definition) is 1. The molecule has 1 aromatic carbocycles. The summed E-state index contributed by atoms with van der Waals surface area (Å²) in [6.07, 6.45) is 1.15. The Kier molecular flexibility index (Phi) is 3.19. The zero-order chi connectivity index (χ0) is 12.6. The van der Waals surface area contributed by atoms with E-state index in [1.807, 2.05) is 0 Å². The van der Waals surface area contributed by atoms with Crippen LogP contribution in [0.5, 0.6) is 0 Å². The molecule has 2 rings (SSSR count). The van der Waals surface area contributed by atoms with E-state index in [0.29, 0.717) is 12.8 Å². The Labute approximate surface area is 99.2 Å². The van der Waals surface area contributed by atoms with Crippen molar-refractivity contribution < 1.29 is 18.6 Å². The summed E-state index contributed by atoms with van der Waals surface area (Å²) < 4.78 is 32.5. The molecule has 2 nitrogen and oxygen atoms in total. The van der Waals surface area contributed by atoms with Crippen LogP contribution in [0.1, 0.15) is 36.5 Å². The fraction of sp³-hybridized carbons (Fsp3) is 0.538. The molecule has 1 aliphatic carbocycles. The lowest BCUT2D eigenvalue weighted by Crippen LogP contribution is -2.45. The van der Waals surface area contributed by atoms with Crippen molar-refractivity contribution in [3.8, 4) is 0 Å². The highest BCUT2D eigenvalue weighted by Gasteiger charge is 2.45. The summed E-state index contributed by atoms with van der Waals surface area (Å²) in [6.45, 7) is 1.49. The second kappa shape index (κ2) is 4.35. The molecule has 0 heterocycles. The first-order chi connectivity index (χ1) is 8.02. The lowest BCUT2D eigenvalue weighted by Gasteiger charge is -2.44. The van der Waals surface area contributed by atoms with Crippen molar-refractivity contribution >= 4 is 0 Å². The smallest absolute Gasteiger partial charge is 0.164 e. The molecule has 1 aromatic rings. The molecule has 0 aliphatic heterocycles. The highest BCUT2D eigenvalue weighted by atomic mass is 19.2. The summed E-state index contributed by atoms with van der Waals surface area (Å²) in [6, 6.07) is 2.90. The van der Waals surface area contributed by atoms with Gasteiger partial charge in [0.1, 0.15) is 6.10 Å². The highest BCUT2D eigenvalue weighted by Crippen LogP contribution is 2.45. The number of benzene rings is 1. The third kappa shape index (κ3) is 1.85. The van der Waals surface area contributed by atoms with Crippen LogP contribution in [0, 0.1) is 18.6 Å². The van der Waals surface area contributed by atoms with Gasteiger partial charge in [-0.25, -0.2) is 8.78 Å². The molecule has 0 aromatic heterocycles. The number of halogens is 2. The topological polar surface area (TPSA) is 29.5 Å². The Balaban J connectivity index is 2.37. The predicted molar refractivity (Wildman–Crippen MR) is 59.6 cm³/mol. The molecule has 1 atom stereocenters. The van der Waals surface area contributed by atoms with E-state index >= 15 is 0 Å². The molecular weight excluding hydrogens is 226 g/mol. The van der Waals surface area contributed by atoms with Crippen molar-refractivity contribution in [3.05, 3.63) is 34.9 Å². The van der Waals surface area contributed by atoms with Gasteiger partial charge in [0.2, 0.25) is 0 Å². The lowest BCUT2D eigenvalue weighted by molar-refractivity contribution is -0.152. The number of ether oxygens (including phenoxy) is 1. The Morgan fingerprint density at radius 1 is 1.29 bits per heavy atom. The van der Waals surface area contributed by atoms with Gasteiger partial charge >= 0.3 is 0 Å². The normalized spacial score (nSPS) is 19.8. The second-order valence-electron chi connectivity index (χ2n) is 4.62. The zero-order valence-electron chi connectivity index (χ0n) is 9.96. The first kappa shape index (κ1) is 12.5. The van der Waals surface area contributed by atoms with Crippen LogP contribution >= 0.6 is 0 Å². The third-order valence-corrected chi connectivity index (χ3v) is 3.70. The molecule has 1 aliphatic rings. The summed E-state index contributed by atoms with van der Waals surface area (Å²) in [4.78, 5) is 0. The molecule has 4 heteroatoms. The van der Waals surface area contributed by atoms with E-state index in [9.17, 15) is 13.9 Å². The summed E-state index contributed by atoms with van der Waals surface area (Å²) in [5.41, 5.74) is -0.532. The van der Waals surface area contributed by atoms with Gasteiger partial charge in [0.25, 0.3) is 0 Å². The summed E-state index contributed by atoms with van der Waals surface area (Å²) >= 11 is 0. The van der Waals surface area contributed by atoms with Gasteiger partial charge in [-0.2, -0.15) is 0 Å². The van der Waals surface area contributed by atoms with Gasteiger partial charge in [0.15, 0.2) is 11.6 Å². The molecule has 1 N–H and O–H groups in total. The second-order valence-corrected chi connectivity index (χ2v) is 4.62. The molecule has 0 saturated heterocycles. The maximum absolute atomic E-state index is 13.7. The Bertz CT molecular complexity index is 422. The first-order valence-electron chi connectivity index (χ1n) is 5.69. The van der Waals surface area contributed by atoms with Crippen LogP contribution in [0.3, 0.4) is 0 Å². The van der Waals surface area contributed by atoms with Crippen LogP contribution in [-0.2, 0) is 4.74 Å². The quantitative estimate of drug-likeness (QED) is 0.883. The molecular formula is C13H16F2O2. The van der Waals surface area contributed by atoms with Crippen LogP contribution in [0.25, 0.3) is 0 Å². The van der Waals surface area contributed by atoms with Crippen molar-refractivity contribution in [1.29, 1.82) is 0 Å². The van der Waals surface area contributed by atoms with E-state index in [0.717, 1.165) is 6.42 Å². The maximum Gasteiger partial charge on any atom is 0.164 e. The number of aliphatic hydroxyl groups excluding tert-OH is 1. The van der Waals surface area contributed by atoms with Crippen LogP contribution in [0.4, 0.5) is 8.78 Å². The molecule has 1 fully saturated rings. The summed E-state index contributed by atoms with van der Waals surface area (Å²) in [5, 5.41) is 10.2. The summed E-state index contributed by atoms with van der Waals surface area (Å²) in [5.74, 6) is -1.87. The minimum absolute atomic E-state index is 0.0188. The minimum Gasteiger partial charge on any atom is -0.385 e. The molecule has 0 radical (unpaired) electrons. The van der Waals surface area contributed by atoms with Crippen molar-refractivity contribution in [2.75, 3.05) is 7.11 Å². The van der Waals surface area contributed by atoms with E-state index in [-0.39, 0.29) is 11.1 Å². The number of aryl methyl sites for hydroxylation is 1. The van der Waals surface area contributed by atoms with Gasteiger partial charge in [0, 0.05) is 12.7 Å². The number of methoxy groups -OCH3 is 1. The molecule has 1 saturated carbocycles. The van der Waals surface area contributed by atoms with E-state index in [1.165, 1.54) is 26.2 Å². The van der Waals surface area contributed by atoms with E-state index in [4.69, 9.17) is 4.74 Å². The average Bonchev–Trinajstić information content (AvgIpc) is 2.25. The van der Waals surface area contributed by atoms with E-state index < -0.39 is 23.3 Å². The largest absolute Gasteiger partial charge is 0.385 e. The Morgan fingerprint density at radius 3 is 2.41 bits per heavy atom. The minimum atomic E-state index is -1.11. The average molecular weight is 242 g/mol. The molecule has 1 unspecified atom stereocenters. The molecule has 0 spiro atoms. The monoisotopic (exact) mass is 242 g/mol. The van der Waals surface area contributed by atoms with Crippen LogP contribution < -0.4 is 0 Å². The highest BCUT2D eigenvalue weighted by molar-refractivity contribution is 5.29. The standard InChI is InChI=1S/C13H16F2O2/c1-8-4-5-9(11(15)10(8)14)12(16)13(17-2)6-3-7-13/h4-5,12,16H,3,6-7H2,1-2H3. The number of hydrogen-bond acceptors (Lipinski definition) is 2. The first-order valence-corrected chi connectivity index (χ1v) is 5.69. The Morgan fingerprint density at radius 2 is 1.94 bits per heavy atom. The van der Waals surface area contributed by atoms with E-state index in [2.05, 4.69) is 0 Å². The number of rotatable bonds is 3. The lowest BCUT2D eigenvalue weighted by atomic mass is 9.73.